The minimum absolute atomic E-state index is 0.232. The fourth-order valence-electron chi connectivity index (χ4n) is 14.7. The van der Waals surface area contributed by atoms with E-state index < -0.39 is 124 Å². The summed E-state index contributed by atoms with van der Waals surface area (Å²) in [5.41, 5.74) is 0. The molecular formula is C80H155NO18. The van der Waals surface area contributed by atoms with Crippen molar-refractivity contribution in [3.63, 3.8) is 0 Å². The molecule has 1 amide bonds. The van der Waals surface area contributed by atoms with Crippen LogP contribution in [0.4, 0.5) is 0 Å². The van der Waals surface area contributed by atoms with Crippen LogP contribution < -0.4 is 5.32 Å². The average Bonchev–Trinajstić information content (AvgIpc) is 0.796. The molecule has 3 fully saturated rings. The van der Waals surface area contributed by atoms with E-state index in [-0.39, 0.29) is 18.9 Å². The first-order valence-electron chi connectivity index (χ1n) is 41.8. The molecule has 0 aromatic carbocycles. The first-order valence-corrected chi connectivity index (χ1v) is 41.8. The van der Waals surface area contributed by atoms with Crippen LogP contribution in [-0.4, -0.2) is 193 Å². The van der Waals surface area contributed by atoms with Gasteiger partial charge in [-0.05, 0) is 12.8 Å². The first-order chi connectivity index (χ1) is 48.3. The standard InChI is InChI=1S/C80H155NO18/c1-3-5-7-9-11-13-15-17-19-21-23-25-27-29-30-31-32-33-34-36-38-40-42-44-46-48-50-52-54-56-58-68(86)81-63(64(85)57-55-53-51-49-47-45-43-41-39-37-35-28-26-24-22-20-18-16-14-12-10-8-6-4-2)62-94-78-74(92)71(89)76(66(60-83)96-78)99-80-75(93)72(90)77(67(61-84)97-80)98-79-73(91)70(88)69(87)65(59-82)95-79/h63-67,69-80,82-85,87-93H,3-62H2,1-2H3,(H,81,86). The van der Waals surface area contributed by atoms with E-state index in [0.29, 0.717) is 12.8 Å². The lowest BCUT2D eigenvalue weighted by Crippen LogP contribution is -2.66. The Morgan fingerprint density at radius 3 is 0.879 bits per heavy atom. The number of ether oxygens (including phenoxy) is 6. The van der Waals surface area contributed by atoms with Gasteiger partial charge in [-0.3, -0.25) is 4.79 Å². The van der Waals surface area contributed by atoms with Gasteiger partial charge in [-0.2, -0.15) is 0 Å². The molecule has 0 bridgehead atoms. The topological polar surface area (TPSA) is 307 Å². The van der Waals surface area contributed by atoms with Crippen molar-refractivity contribution in [2.24, 2.45) is 0 Å². The number of aliphatic hydroxyl groups excluding tert-OH is 11. The highest BCUT2D eigenvalue weighted by Crippen LogP contribution is 2.34. The Hall–Kier alpha value is -1.21. The summed E-state index contributed by atoms with van der Waals surface area (Å²) in [7, 11) is 0. The molecule has 17 unspecified atom stereocenters. The molecule has 3 heterocycles. The third kappa shape index (κ3) is 42.1. The molecule has 0 aromatic heterocycles. The lowest BCUT2D eigenvalue weighted by atomic mass is 9.96. The minimum atomic E-state index is -1.97. The Balaban J connectivity index is 1.35. The summed E-state index contributed by atoms with van der Waals surface area (Å²) in [6, 6.07) is -0.883. The van der Waals surface area contributed by atoms with Gasteiger partial charge in [0.15, 0.2) is 18.9 Å². The number of unbranched alkanes of at least 4 members (excludes halogenated alkanes) is 52. The van der Waals surface area contributed by atoms with Crippen molar-refractivity contribution in [1.82, 2.24) is 5.32 Å². The van der Waals surface area contributed by atoms with E-state index in [0.717, 1.165) is 44.9 Å². The zero-order valence-corrected chi connectivity index (χ0v) is 63.0. The lowest BCUT2D eigenvalue weighted by molar-refractivity contribution is -0.379. The third-order valence-corrected chi connectivity index (χ3v) is 21.4. The van der Waals surface area contributed by atoms with Crippen LogP contribution in [0, 0.1) is 0 Å². The number of carbonyl (C=O) groups is 1. The summed E-state index contributed by atoms with van der Waals surface area (Å²) >= 11 is 0. The second kappa shape index (κ2) is 61.9. The van der Waals surface area contributed by atoms with Gasteiger partial charge in [-0.1, -0.05) is 354 Å². The highest BCUT2D eigenvalue weighted by atomic mass is 16.8. The summed E-state index contributed by atoms with van der Waals surface area (Å²) in [4.78, 5) is 13.5. The second-order valence-electron chi connectivity index (χ2n) is 30.3. The Morgan fingerprint density at radius 2 is 0.576 bits per heavy atom. The van der Waals surface area contributed by atoms with Crippen molar-refractivity contribution in [2.45, 2.75) is 478 Å². The van der Waals surface area contributed by atoms with Gasteiger partial charge in [0.2, 0.25) is 5.91 Å². The molecule has 588 valence electrons. The molecular weight excluding hydrogens is 1260 g/mol. The van der Waals surface area contributed by atoms with Gasteiger partial charge in [0, 0.05) is 6.42 Å². The molecule has 0 aromatic rings. The molecule has 19 heteroatoms. The molecule has 3 aliphatic rings. The normalized spacial score (nSPS) is 26.5. The molecule has 0 spiro atoms. The van der Waals surface area contributed by atoms with Crippen molar-refractivity contribution in [3.8, 4) is 0 Å². The molecule has 0 radical (unpaired) electrons. The van der Waals surface area contributed by atoms with Gasteiger partial charge in [0.05, 0.1) is 38.6 Å². The summed E-state index contributed by atoms with van der Waals surface area (Å²) in [5.74, 6) is -0.232. The number of aliphatic hydroxyl groups is 11. The highest BCUT2D eigenvalue weighted by Gasteiger charge is 2.54. The van der Waals surface area contributed by atoms with E-state index in [4.69, 9.17) is 28.4 Å². The molecule has 12 N–H and O–H groups in total. The van der Waals surface area contributed by atoms with Gasteiger partial charge >= 0.3 is 0 Å². The maximum atomic E-state index is 13.5. The van der Waals surface area contributed by atoms with E-state index in [1.807, 2.05) is 0 Å². The number of carbonyl (C=O) groups excluding carboxylic acids is 1. The molecule has 0 saturated carbocycles. The number of hydrogen-bond donors (Lipinski definition) is 12. The SMILES string of the molecule is CCCCCCCCCCCCCCCCCCCCCCCCCCCCCCCCC(=O)NC(COC1OC(CO)C(OC2OC(CO)C(OC3OC(CO)C(O)C(O)C3O)C(O)C2O)C(O)C1O)C(O)CCCCCCCCCCCCCCCCCCCCCCCCCC. The largest absolute Gasteiger partial charge is 0.394 e. The predicted molar refractivity (Wildman–Crippen MR) is 393 cm³/mol. The average molecular weight is 1420 g/mol. The van der Waals surface area contributed by atoms with Crippen LogP contribution in [0.15, 0.2) is 0 Å². The maximum Gasteiger partial charge on any atom is 0.220 e. The number of amides is 1. The van der Waals surface area contributed by atoms with Crippen LogP contribution in [0.25, 0.3) is 0 Å². The Bertz CT molecular complexity index is 1790. The van der Waals surface area contributed by atoms with Crippen LogP contribution in [0.3, 0.4) is 0 Å². The monoisotopic (exact) mass is 1420 g/mol. The van der Waals surface area contributed by atoms with E-state index in [9.17, 15) is 61.0 Å². The molecule has 19 nitrogen and oxygen atoms in total. The lowest BCUT2D eigenvalue weighted by Gasteiger charge is -2.48. The Kier molecular flexibility index (Phi) is 57.5. The zero-order chi connectivity index (χ0) is 71.8. The van der Waals surface area contributed by atoms with E-state index in [2.05, 4.69) is 19.2 Å². The van der Waals surface area contributed by atoms with Crippen molar-refractivity contribution >= 4 is 5.91 Å². The Labute approximate surface area is 602 Å². The molecule has 99 heavy (non-hydrogen) atoms. The van der Waals surface area contributed by atoms with Crippen LogP contribution in [0.2, 0.25) is 0 Å². The molecule has 3 saturated heterocycles. The molecule has 3 rings (SSSR count). The van der Waals surface area contributed by atoms with Gasteiger partial charge in [-0.25, -0.2) is 0 Å². The van der Waals surface area contributed by atoms with Crippen molar-refractivity contribution < 1.29 is 89.4 Å². The van der Waals surface area contributed by atoms with Gasteiger partial charge < -0.3 is 89.9 Å². The fraction of sp³-hybridized carbons (Fsp3) is 0.988. The van der Waals surface area contributed by atoms with Crippen LogP contribution >= 0.6 is 0 Å². The quantitative estimate of drug-likeness (QED) is 0.0252. The number of hydrogen-bond acceptors (Lipinski definition) is 18. The van der Waals surface area contributed by atoms with Crippen LogP contribution in [0.1, 0.15) is 373 Å². The summed E-state index contributed by atoms with van der Waals surface area (Å²) < 4.78 is 34.6. The molecule has 3 aliphatic heterocycles. The summed E-state index contributed by atoms with van der Waals surface area (Å²) in [6.45, 7) is 1.88. The van der Waals surface area contributed by atoms with Crippen LogP contribution in [-0.2, 0) is 33.2 Å². The van der Waals surface area contributed by atoms with Crippen LogP contribution in [0.5, 0.6) is 0 Å². The predicted octanol–water partition coefficient (Wildman–Crippen LogP) is 14.2. The van der Waals surface area contributed by atoms with Gasteiger partial charge in [0.25, 0.3) is 0 Å². The number of nitrogens with one attached hydrogen (secondary N) is 1. The van der Waals surface area contributed by atoms with E-state index >= 15 is 0 Å². The molecule has 17 atom stereocenters. The zero-order valence-electron chi connectivity index (χ0n) is 63.0. The Morgan fingerprint density at radius 1 is 0.323 bits per heavy atom. The third-order valence-electron chi connectivity index (χ3n) is 21.4. The first kappa shape index (κ1) is 92.0. The second-order valence-corrected chi connectivity index (χ2v) is 30.3. The number of rotatable bonds is 68. The van der Waals surface area contributed by atoms with Crippen molar-refractivity contribution in [1.29, 1.82) is 0 Å². The van der Waals surface area contributed by atoms with E-state index in [1.54, 1.807) is 0 Å². The summed E-state index contributed by atoms with van der Waals surface area (Å²) in [6.07, 6.45) is 44.9. The fourth-order valence-corrected chi connectivity index (χ4v) is 14.7. The van der Waals surface area contributed by atoms with Crippen molar-refractivity contribution in [3.05, 3.63) is 0 Å². The molecule has 0 aliphatic carbocycles. The van der Waals surface area contributed by atoms with Gasteiger partial charge in [0.1, 0.15) is 73.2 Å². The van der Waals surface area contributed by atoms with Gasteiger partial charge in [-0.15, -0.1) is 0 Å². The summed E-state index contributed by atoms with van der Waals surface area (Å²) in [5, 5.41) is 121. The minimum Gasteiger partial charge on any atom is -0.394 e. The van der Waals surface area contributed by atoms with Crippen molar-refractivity contribution in [2.75, 3.05) is 26.4 Å². The highest BCUT2D eigenvalue weighted by molar-refractivity contribution is 5.76. The maximum absolute atomic E-state index is 13.5. The van der Waals surface area contributed by atoms with E-state index in [1.165, 1.54) is 295 Å². The smallest absolute Gasteiger partial charge is 0.220 e.